The molecule has 0 amide bonds. The van der Waals surface area contributed by atoms with Gasteiger partial charge < -0.3 is 30.3 Å². The van der Waals surface area contributed by atoms with Gasteiger partial charge in [-0.1, -0.05) is 0 Å². The highest BCUT2D eigenvalue weighted by atomic mass is 16.4. The first-order chi connectivity index (χ1) is 5.54. The van der Waals surface area contributed by atoms with Gasteiger partial charge in [-0.3, -0.25) is 0 Å². The third kappa shape index (κ3) is 2.84. The molecular formula is C6H14O6. The lowest BCUT2D eigenvalue weighted by atomic mass is 10.0. The summed E-state index contributed by atoms with van der Waals surface area (Å²) in [4.78, 5) is 9.90. The van der Waals surface area contributed by atoms with E-state index in [1.165, 1.54) is 0 Å². The minimum atomic E-state index is -1.79. The summed E-state index contributed by atoms with van der Waals surface area (Å²) >= 11 is 0. The molecule has 0 bridgehead atoms. The molecule has 0 aromatic carbocycles. The second-order valence-corrected chi connectivity index (χ2v) is 2.36. The van der Waals surface area contributed by atoms with Gasteiger partial charge in [-0.15, -0.1) is 0 Å². The van der Waals surface area contributed by atoms with Crippen molar-refractivity contribution >= 4 is 6.29 Å². The van der Waals surface area contributed by atoms with Gasteiger partial charge in [-0.05, 0) is 0 Å². The van der Waals surface area contributed by atoms with Crippen LogP contribution in [0.4, 0.5) is 0 Å². The van der Waals surface area contributed by atoms with Crippen molar-refractivity contribution in [3.8, 4) is 0 Å². The fourth-order valence-corrected chi connectivity index (χ4v) is 0.618. The van der Waals surface area contributed by atoms with Gasteiger partial charge in [-0.2, -0.15) is 0 Å². The fourth-order valence-electron chi connectivity index (χ4n) is 0.618. The average Bonchev–Trinajstić information content (AvgIpc) is 2.12. The van der Waals surface area contributed by atoms with Crippen molar-refractivity contribution < 1.29 is 31.8 Å². The lowest BCUT2D eigenvalue weighted by Gasteiger charge is -2.22. The molecule has 0 rings (SSSR count). The monoisotopic (exact) mass is 182 g/mol. The molecule has 6 nitrogen and oxygen atoms in total. The van der Waals surface area contributed by atoms with Crippen LogP contribution in [0.2, 0.25) is 0 Å². The molecule has 4 unspecified atom stereocenters. The summed E-state index contributed by atoms with van der Waals surface area (Å²) in [5.74, 6) is 0. The van der Waals surface area contributed by atoms with E-state index in [2.05, 4.69) is 0 Å². The van der Waals surface area contributed by atoms with Crippen LogP contribution >= 0.6 is 0 Å². The van der Waals surface area contributed by atoms with Crippen molar-refractivity contribution in [3.05, 3.63) is 0 Å². The summed E-state index contributed by atoms with van der Waals surface area (Å²) in [6.07, 6.45) is -6.84. The summed E-state index contributed by atoms with van der Waals surface area (Å²) in [6.45, 7) is -0.760. The van der Waals surface area contributed by atoms with Gasteiger partial charge >= 0.3 is 0 Å². The number of carbonyl (C=O) groups excluding carboxylic acids is 1. The summed E-state index contributed by atoms with van der Waals surface area (Å²) in [5.41, 5.74) is 0. The zero-order valence-electron chi connectivity index (χ0n) is 6.24. The second kappa shape index (κ2) is 5.18. The highest BCUT2D eigenvalue weighted by Crippen LogP contribution is 2.02. The number of carbonyl (C=O) groups is 1. The van der Waals surface area contributed by atoms with Crippen LogP contribution in [0.5, 0.6) is 0 Å². The van der Waals surface area contributed by atoms with Crippen molar-refractivity contribution in [2.75, 3.05) is 6.61 Å². The number of rotatable bonds is 5. The molecule has 6 heteroatoms. The molecule has 12 heavy (non-hydrogen) atoms. The van der Waals surface area contributed by atoms with Gasteiger partial charge in [0.25, 0.3) is 0 Å². The molecule has 0 aromatic rings. The van der Waals surface area contributed by atoms with E-state index in [9.17, 15) is 4.79 Å². The smallest absolute Gasteiger partial charge is 0.151 e. The molecular weight excluding hydrogens is 168 g/mol. The van der Waals surface area contributed by atoms with Crippen LogP contribution in [0, 0.1) is 0 Å². The minimum absolute atomic E-state index is 0. The van der Waals surface area contributed by atoms with Crippen LogP contribution in [-0.4, -0.2) is 62.8 Å². The Labute approximate surface area is 70.2 Å². The van der Waals surface area contributed by atoms with Crippen LogP contribution in [0.1, 0.15) is 1.43 Å². The summed E-state index contributed by atoms with van der Waals surface area (Å²) < 4.78 is 0. The first-order valence-electron chi connectivity index (χ1n) is 3.33. The lowest BCUT2D eigenvalue weighted by Crippen LogP contribution is -2.46. The van der Waals surface area contributed by atoms with Gasteiger partial charge in [0.05, 0.1) is 6.61 Å². The highest BCUT2D eigenvalue weighted by molar-refractivity contribution is 5.56. The Bertz CT molecular complexity index is 143. The van der Waals surface area contributed by atoms with E-state index in [1.807, 2.05) is 0 Å². The van der Waals surface area contributed by atoms with Gasteiger partial charge in [0.15, 0.2) is 6.29 Å². The SMILES string of the molecule is O=CC(O)C(O)C(O)C(O)CO.[HH]. The number of aliphatic hydroxyl groups is 5. The Morgan fingerprint density at radius 1 is 1.17 bits per heavy atom. The van der Waals surface area contributed by atoms with Gasteiger partial charge in [-0.25, -0.2) is 0 Å². The molecule has 0 saturated carbocycles. The topological polar surface area (TPSA) is 118 Å². The van der Waals surface area contributed by atoms with E-state index >= 15 is 0 Å². The number of aliphatic hydroxyl groups excluding tert-OH is 5. The van der Waals surface area contributed by atoms with Crippen molar-refractivity contribution in [3.63, 3.8) is 0 Å². The molecule has 0 radical (unpaired) electrons. The summed E-state index contributed by atoms with van der Waals surface area (Å²) in [7, 11) is 0. The van der Waals surface area contributed by atoms with Gasteiger partial charge in [0.1, 0.15) is 24.4 Å². The van der Waals surface area contributed by atoms with E-state index in [1.54, 1.807) is 0 Å². The Kier molecular flexibility index (Phi) is 4.95. The fraction of sp³-hybridized carbons (Fsp3) is 0.833. The van der Waals surface area contributed by atoms with Crippen LogP contribution in [0.3, 0.4) is 0 Å². The number of hydrogen-bond acceptors (Lipinski definition) is 6. The molecule has 0 fully saturated rings. The van der Waals surface area contributed by atoms with Crippen molar-refractivity contribution in [1.82, 2.24) is 0 Å². The predicted molar refractivity (Wildman–Crippen MR) is 39.3 cm³/mol. The Morgan fingerprint density at radius 3 is 2.00 bits per heavy atom. The zero-order valence-corrected chi connectivity index (χ0v) is 6.24. The predicted octanol–water partition coefficient (Wildman–Crippen LogP) is -3.13. The van der Waals surface area contributed by atoms with Crippen molar-refractivity contribution in [2.24, 2.45) is 0 Å². The number of aldehydes is 1. The maximum atomic E-state index is 9.90. The Balaban J connectivity index is 0. The molecule has 0 aliphatic heterocycles. The Morgan fingerprint density at radius 2 is 1.67 bits per heavy atom. The highest BCUT2D eigenvalue weighted by Gasteiger charge is 2.29. The molecule has 0 spiro atoms. The van der Waals surface area contributed by atoms with Crippen molar-refractivity contribution in [2.45, 2.75) is 24.4 Å². The van der Waals surface area contributed by atoms with E-state index in [-0.39, 0.29) is 7.71 Å². The van der Waals surface area contributed by atoms with Crippen molar-refractivity contribution in [1.29, 1.82) is 0 Å². The molecule has 0 aliphatic rings. The quantitative estimate of drug-likeness (QED) is 0.287. The minimum Gasteiger partial charge on any atom is -0.394 e. The zero-order chi connectivity index (χ0) is 9.72. The van der Waals surface area contributed by atoms with Crippen LogP contribution in [0.25, 0.3) is 0 Å². The van der Waals surface area contributed by atoms with E-state index in [4.69, 9.17) is 25.5 Å². The normalized spacial score (nSPS) is 21.1. The second-order valence-electron chi connectivity index (χ2n) is 2.36. The molecule has 0 heterocycles. The molecule has 0 aliphatic carbocycles. The third-order valence-electron chi connectivity index (χ3n) is 1.42. The summed E-state index contributed by atoms with van der Waals surface area (Å²) in [5, 5.41) is 43.5. The first-order valence-corrected chi connectivity index (χ1v) is 3.33. The van der Waals surface area contributed by atoms with Crippen LogP contribution in [-0.2, 0) is 4.79 Å². The Hall–Kier alpha value is -0.530. The largest absolute Gasteiger partial charge is 0.394 e. The average molecular weight is 182 g/mol. The standard InChI is InChI=1S/C6H12O6.H2/c7-1-3(9)5(11)6(12)4(10)2-8;/h1,3-6,8-12H,2H2;1H. The van der Waals surface area contributed by atoms with Crippen LogP contribution in [0.15, 0.2) is 0 Å². The molecule has 0 saturated heterocycles. The summed E-state index contributed by atoms with van der Waals surface area (Å²) in [6, 6.07) is 0. The third-order valence-corrected chi connectivity index (χ3v) is 1.42. The van der Waals surface area contributed by atoms with Crippen LogP contribution < -0.4 is 0 Å². The maximum Gasteiger partial charge on any atom is 0.151 e. The first kappa shape index (κ1) is 11.5. The van der Waals surface area contributed by atoms with E-state index < -0.39 is 31.0 Å². The maximum absolute atomic E-state index is 9.90. The van der Waals surface area contributed by atoms with Gasteiger partial charge in [0.2, 0.25) is 0 Å². The molecule has 4 atom stereocenters. The number of hydrogen-bond donors (Lipinski definition) is 5. The lowest BCUT2D eigenvalue weighted by molar-refractivity contribution is -0.136. The molecule has 74 valence electrons. The van der Waals surface area contributed by atoms with E-state index in [0.29, 0.717) is 0 Å². The van der Waals surface area contributed by atoms with Gasteiger partial charge in [0, 0.05) is 1.43 Å². The van der Waals surface area contributed by atoms with E-state index in [0.717, 1.165) is 0 Å². The molecule has 5 N–H and O–H groups in total. The molecule has 0 aromatic heterocycles.